The van der Waals surface area contributed by atoms with E-state index in [0.717, 1.165) is 52.2 Å². The highest BCUT2D eigenvalue weighted by Gasteiger charge is 2.36. The molecule has 154 valence electrons. The molecule has 2 bridgehead atoms. The third kappa shape index (κ3) is 6.23. The zero-order chi connectivity index (χ0) is 16.9. The summed E-state index contributed by atoms with van der Waals surface area (Å²) in [6.45, 7) is 9.64. The van der Waals surface area contributed by atoms with Crippen molar-refractivity contribution in [2.45, 2.75) is 70.5 Å². The number of nitrogens with zero attached hydrogens (tertiary/aromatic N) is 2. The van der Waals surface area contributed by atoms with E-state index in [2.05, 4.69) is 22.0 Å². The Morgan fingerprint density at radius 1 is 1.12 bits per heavy atom. The number of piperazine rings is 1. The van der Waals surface area contributed by atoms with E-state index in [-0.39, 0.29) is 24.8 Å². The number of rotatable bonds is 7. The summed E-state index contributed by atoms with van der Waals surface area (Å²) >= 11 is 0. The predicted molar refractivity (Wildman–Crippen MR) is 111 cm³/mol. The molecular formula is C19H37Cl2N3O2. The summed E-state index contributed by atoms with van der Waals surface area (Å²) in [5, 5.41) is 3.68. The van der Waals surface area contributed by atoms with Gasteiger partial charge in [0.25, 0.3) is 0 Å². The van der Waals surface area contributed by atoms with Crippen LogP contribution in [0.5, 0.6) is 0 Å². The van der Waals surface area contributed by atoms with Gasteiger partial charge >= 0.3 is 0 Å². The molecule has 5 nitrogen and oxygen atoms in total. The Labute approximate surface area is 171 Å². The van der Waals surface area contributed by atoms with Gasteiger partial charge in [0.05, 0.1) is 6.61 Å². The van der Waals surface area contributed by atoms with E-state index in [4.69, 9.17) is 4.74 Å². The number of fused-ring (bicyclic) bond motifs is 2. The molecule has 3 fully saturated rings. The molecule has 26 heavy (non-hydrogen) atoms. The van der Waals surface area contributed by atoms with E-state index < -0.39 is 0 Å². The lowest BCUT2D eigenvalue weighted by Gasteiger charge is -2.42. The number of piperidine rings is 1. The van der Waals surface area contributed by atoms with E-state index in [0.29, 0.717) is 30.0 Å². The van der Waals surface area contributed by atoms with Crippen LogP contribution in [-0.2, 0) is 9.53 Å². The number of halogens is 2. The minimum absolute atomic E-state index is 0. The maximum Gasteiger partial charge on any atom is 0.222 e. The van der Waals surface area contributed by atoms with Crippen molar-refractivity contribution in [3.05, 3.63) is 0 Å². The van der Waals surface area contributed by atoms with Crippen LogP contribution in [0.15, 0.2) is 0 Å². The fourth-order valence-electron chi connectivity index (χ4n) is 4.85. The topological polar surface area (TPSA) is 44.8 Å². The van der Waals surface area contributed by atoms with Gasteiger partial charge in [0.15, 0.2) is 0 Å². The summed E-state index contributed by atoms with van der Waals surface area (Å²) in [6, 6.07) is 1.85. The Bertz CT molecular complexity index is 416. The van der Waals surface area contributed by atoms with Gasteiger partial charge in [-0.3, -0.25) is 9.69 Å². The van der Waals surface area contributed by atoms with Crippen LogP contribution in [0.1, 0.15) is 52.4 Å². The van der Waals surface area contributed by atoms with Gasteiger partial charge in [0.2, 0.25) is 5.91 Å². The first-order chi connectivity index (χ1) is 11.7. The first-order valence-corrected chi connectivity index (χ1v) is 10.0. The molecule has 0 spiro atoms. The molecule has 3 aliphatic rings. The van der Waals surface area contributed by atoms with E-state index in [1.165, 1.54) is 25.7 Å². The van der Waals surface area contributed by atoms with Crippen molar-refractivity contribution in [2.24, 2.45) is 5.92 Å². The zero-order valence-corrected chi connectivity index (χ0v) is 18.0. The smallest absolute Gasteiger partial charge is 0.222 e. The molecule has 0 saturated carbocycles. The Kier molecular flexibility index (Phi) is 10.8. The number of hydrogen-bond acceptors (Lipinski definition) is 4. The molecule has 0 aromatic heterocycles. The minimum atomic E-state index is 0. The Morgan fingerprint density at radius 3 is 2.42 bits per heavy atom. The molecule has 0 radical (unpaired) electrons. The Hall–Kier alpha value is -0.0700. The number of carbonyl (C=O) groups is 1. The summed E-state index contributed by atoms with van der Waals surface area (Å²) in [4.78, 5) is 17.4. The van der Waals surface area contributed by atoms with Crippen LogP contribution in [0.4, 0.5) is 0 Å². The molecule has 3 heterocycles. The average Bonchev–Trinajstić information content (AvgIpc) is 2.93. The maximum absolute atomic E-state index is 12.8. The van der Waals surface area contributed by atoms with Crippen molar-refractivity contribution < 1.29 is 9.53 Å². The van der Waals surface area contributed by atoms with Crippen LogP contribution in [-0.4, -0.2) is 73.2 Å². The molecule has 3 rings (SSSR count). The van der Waals surface area contributed by atoms with Crippen molar-refractivity contribution in [2.75, 3.05) is 39.4 Å². The zero-order valence-electron chi connectivity index (χ0n) is 16.3. The van der Waals surface area contributed by atoms with Crippen LogP contribution in [0.3, 0.4) is 0 Å². The Balaban J connectivity index is 0.00000169. The molecule has 7 heteroatoms. The second-order valence-electron chi connectivity index (χ2n) is 7.81. The van der Waals surface area contributed by atoms with Crippen molar-refractivity contribution >= 4 is 30.7 Å². The molecule has 3 saturated heterocycles. The summed E-state index contributed by atoms with van der Waals surface area (Å²) < 4.78 is 5.50. The highest BCUT2D eigenvalue weighted by molar-refractivity contribution is 5.85. The number of carbonyl (C=O) groups excluding carboxylic acids is 1. The van der Waals surface area contributed by atoms with E-state index >= 15 is 0 Å². The molecular weight excluding hydrogens is 373 g/mol. The molecule has 0 aliphatic carbocycles. The summed E-state index contributed by atoms with van der Waals surface area (Å²) in [5.74, 6) is 0.997. The number of hydrogen-bond donors (Lipinski definition) is 1. The third-order valence-electron chi connectivity index (χ3n) is 6.19. The van der Waals surface area contributed by atoms with Crippen LogP contribution in [0.25, 0.3) is 0 Å². The first-order valence-electron chi connectivity index (χ1n) is 10.0. The second-order valence-corrected chi connectivity index (χ2v) is 7.81. The normalized spacial score (nSPS) is 31.2. The maximum atomic E-state index is 12.8. The highest BCUT2D eigenvalue weighted by atomic mass is 35.5. The molecule has 1 N–H and O–H groups in total. The Morgan fingerprint density at radius 2 is 1.81 bits per heavy atom. The predicted octanol–water partition coefficient (Wildman–Crippen LogP) is 2.71. The average molecular weight is 410 g/mol. The quantitative estimate of drug-likeness (QED) is 0.656. The van der Waals surface area contributed by atoms with Crippen LogP contribution >= 0.6 is 24.8 Å². The second kappa shape index (κ2) is 11.7. The SMILES string of the molecule is CCOCCN1CCN(C(=O)CC2CC3CCC(C2)N3)CC1CC.Cl.Cl. The lowest BCUT2D eigenvalue weighted by molar-refractivity contribution is -0.135. The molecule has 1 amide bonds. The van der Waals surface area contributed by atoms with Crippen molar-refractivity contribution in [3.8, 4) is 0 Å². The molecule has 3 aliphatic heterocycles. The first kappa shape index (κ1) is 24.0. The highest BCUT2D eigenvalue weighted by Crippen LogP contribution is 2.33. The molecule has 3 unspecified atom stereocenters. The summed E-state index contributed by atoms with van der Waals surface area (Å²) in [6.07, 6.45) is 6.90. The number of amides is 1. The van der Waals surface area contributed by atoms with Gasteiger partial charge in [-0.1, -0.05) is 6.92 Å². The number of ether oxygens (including phenoxy) is 1. The summed E-state index contributed by atoms with van der Waals surface area (Å²) in [5.41, 5.74) is 0. The van der Waals surface area contributed by atoms with E-state index in [1.807, 2.05) is 6.92 Å². The summed E-state index contributed by atoms with van der Waals surface area (Å²) in [7, 11) is 0. The van der Waals surface area contributed by atoms with Crippen LogP contribution in [0.2, 0.25) is 0 Å². The van der Waals surface area contributed by atoms with E-state index in [1.54, 1.807) is 0 Å². The standard InChI is InChI=1S/C19H35N3O2.2ClH/c1-3-18-14-22(8-7-21(18)9-10-24-4-2)19(23)13-15-11-16-5-6-17(12-15)20-16;;/h15-18,20H,3-14H2,1-2H3;2*1H. The van der Waals surface area contributed by atoms with Gasteiger partial charge in [-0.25, -0.2) is 0 Å². The van der Waals surface area contributed by atoms with Crippen molar-refractivity contribution in [1.29, 1.82) is 0 Å². The molecule has 0 aromatic rings. The van der Waals surface area contributed by atoms with Crippen molar-refractivity contribution in [3.63, 3.8) is 0 Å². The van der Waals surface area contributed by atoms with Gasteiger partial charge in [0, 0.05) is 57.3 Å². The van der Waals surface area contributed by atoms with Crippen LogP contribution < -0.4 is 5.32 Å². The molecule has 3 atom stereocenters. The minimum Gasteiger partial charge on any atom is -0.380 e. The fraction of sp³-hybridized carbons (Fsp3) is 0.947. The van der Waals surface area contributed by atoms with Gasteiger partial charge < -0.3 is 15.0 Å². The third-order valence-corrected chi connectivity index (χ3v) is 6.19. The van der Waals surface area contributed by atoms with Crippen LogP contribution in [0, 0.1) is 5.92 Å². The lowest BCUT2D eigenvalue weighted by atomic mass is 9.89. The fourth-order valence-corrected chi connectivity index (χ4v) is 4.85. The lowest BCUT2D eigenvalue weighted by Crippen LogP contribution is -2.55. The largest absolute Gasteiger partial charge is 0.380 e. The molecule has 0 aromatic carbocycles. The number of nitrogens with one attached hydrogen (secondary N) is 1. The van der Waals surface area contributed by atoms with Crippen molar-refractivity contribution in [1.82, 2.24) is 15.1 Å². The monoisotopic (exact) mass is 409 g/mol. The van der Waals surface area contributed by atoms with E-state index in [9.17, 15) is 4.79 Å². The van der Waals surface area contributed by atoms with Gasteiger partial charge in [-0.05, 0) is 44.9 Å². The van der Waals surface area contributed by atoms with Gasteiger partial charge in [0.1, 0.15) is 0 Å². The van der Waals surface area contributed by atoms with Gasteiger partial charge in [-0.15, -0.1) is 24.8 Å². The van der Waals surface area contributed by atoms with Gasteiger partial charge in [-0.2, -0.15) is 0 Å².